The first-order valence-electron chi connectivity index (χ1n) is 10.4. The van der Waals surface area contributed by atoms with Crippen LogP contribution in [-0.2, 0) is 19.1 Å². The lowest BCUT2D eigenvalue weighted by Gasteiger charge is -2.67. The smallest absolute Gasteiger partial charge is 0.309 e. The topological polar surface area (TPSA) is 80.7 Å². The molecule has 7 atom stereocenters. The summed E-state index contributed by atoms with van der Waals surface area (Å²) in [4.78, 5) is 37.1. The van der Waals surface area contributed by atoms with Crippen molar-refractivity contribution in [2.45, 2.75) is 85.2 Å². The van der Waals surface area contributed by atoms with Gasteiger partial charge in [-0.1, -0.05) is 20.3 Å². The van der Waals surface area contributed by atoms with Crippen LogP contribution in [0.4, 0.5) is 0 Å². The van der Waals surface area contributed by atoms with E-state index >= 15 is 0 Å². The van der Waals surface area contributed by atoms with Gasteiger partial charge in [-0.15, -0.1) is 0 Å². The van der Waals surface area contributed by atoms with E-state index in [1.807, 2.05) is 6.92 Å². The van der Waals surface area contributed by atoms with Crippen molar-refractivity contribution >= 4 is 17.7 Å². The van der Waals surface area contributed by atoms with E-state index in [1.165, 1.54) is 6.92 Å². The largest absolute Gasteiger partial charge is 0.481 e. The average Bonchev–Trinajstić information content (AvgIpc) is 2.88. The Kier molecular flexibility index (Phi) is 3.91. The summed E-state index contributed by atoms with van der Waals surface area (Å²) in [5.41, 5.74) is -1.38. The van der Waals surface area contributed by atoms with Gasteiger partial charge in [-0.25, -0.2) is 0 Å². The molecule has 5 nitrogen and oxygen atoms in total. The minimum absolute atomic E-state index is 0.00585. The predicted molar refractivity (Wildman–Crippen MR) is 98.9 cm³/mol. The third-order valence-electron chi connectivity index (χ3n) is 9.31. The molecule has 0 saturated heterocycles. The summed E-state index contributed by atoms with van der Waals surface area (Å²) in [5.74, 6) is -0.789. The minimum atomic E-state index is -0.896. The Balaban J connectivity index is 1.86. The number of hydrogen-bond acceptors (Lipinski definition) is 4. The van der Waals surface area contributed by atoms with E-state index in [9.17, 15) is 19.5 Å². The molecule has 4 fully saturated rings. The van der Waals surface area contributed by atoms with Crippen molar-refractivity contribution < 1.29 is 24.2 Å². The number of esters is 1. The van der Waals surface area contributed by atoms with E-state index in [4.69, 9.17) is 4.74 Å². The second kappa shape index (κ2) is 5.57. The van der Waals surface area contributed by atoms with Crippen LogP contribution in [0, 0.1) is 33.5 Å². The number of fused-ring (bicyclic) bond motifs is 2. The first-order valence-corrected chi connectivity index (χ1v) is 10.4. The fraction of sp³-hybridized carbons (Fsp3) is 0.864. The highest BCUT2D eigenvalue weighted by Crippen LogP contribution is 2.75. The summed E-state index contributed by atoms with van der Waals surface area (Å²) in [5, 5.41) is 10.2. The molecule has 2 bridgehead atoms. The molecule has 0 unspecified atom stereocenters. The number of ketones is 1. The van der Waals surface area contributed by atoms with Crippen molar-refractivity contribution in [3.05, 3.63) is 0 Å². The molecule has 0 aromatic carbocycles. The van der Waals surface area contributed by atoms with Crippen LogP contribution in [0.25, 0.3) is 0 Å². The summed E-state index contributed by atoms with van der Waals surface area (Å²) < 4.78 is 5.77. The van der Waals surface area contributed by atoms with Crippen LogP contribution >= 0.6 is 0 Å². The summed E-state index contributed by atoms with van der Waals surface area (Å²) >= 11 is 0. The Morgan fingerprint density at radius 1 is 1.11 bits per heavy atom. The van der Waals surface area contributed by atoms with Crippen molar-refractivity contribution in [1.29, 1.82) is 0 Å². The summed E-state index contributed by atoms with van der Waals surface area (Å²) in [6, 6.07) is 0. The highest BCUT2D eigenvalue weighted by atomic mass is 16.5. The summed E-state index contributed by atoms with van der Waals surface area (Å²) in [6.07, 6.45) is 6.01. The fourth-order valence-electron chi connectivity index (χ4n) is 8.09. The Morgan fingerprint density at radius 2 is 1.81 bits per heavy atom. The number of rotatable bonds is 2. The van der Waals surface area contributed by atoms with E-state index in [0.29, 0.717) is 25.0 Å². The van der Waals surface area contributed by atoms with Gasteiger partial charge in [-0.05, 0) is 62.2 Å². The average molecular weight is 376 g/mol. The van der Waals surface area contributed by atoms with Crippen molar-refractivity contribution in [3.8, 4) is 0 Å². The van der Waals surface area contributed by atoms with Crippen LogP contribution in [0.5, 0.6) is 0 Å². The molecular formula is C22H32O5. The Labute approximate surface area is 161 Å². The molecule has 27 heavy (non-hydrogen) atoms. The third-order valence-corrected chi connectivity index (χ3v) is 9.31. The molecule has 0 heterocycles. The van der Waals surface area contributed by atoms with Crippen LogP contribution in [-0.4, -0.2) is 28.9 Å². The maximum absolute atomic E-state index is 12.9. The lowest BCUT2D eigenvalue weighted by atomic mass is 9.37. The number of aliphatic carboxylic acids is 1. The highest BCUT2D eigenvalue weighted by molar-refractivity contribution is 5.86. The molecule has 4 saturated carbocycles. The monoisotopic (exact) mass is 376 g/mol. The molecule has 4 aliphatic rings. The second-order valence-corrected chi connectivity index (χ2v) is 10.6. The number of Topliss-reactive ketones (excluding diaryl/α,β-unsaturated/α-hetero) is 1. The van der Waals surface area contributed by atoms with E-state index < -0.39 is 17.5 Å². The van der Waals surface area contributed by atoms with Crippen LogP contribution in [0.15, 0.2) is 0 Å². The number of carbonyl (C=O) groups is 3. The zero-order valence-corrected chi connectivity index (χ0v) is 17.0. The lowest BCUT2D eigenvalue weighted by Crippen LogP contribution is -2.66. The van der Waals surface area contributed by atoms with Gasteiger partial charge >= 0.3 is 11.9 Å². The quantitative estimate of drug-likeness (QED) is 0.737. The maximum atomic E-state index is 12.9. The standard InChI is InChI=1S/C22H32O5/c1-13(23)27-15-10-14-11-16(24)19(2)8-9-22(14,12-19)21(4)7-5-6-20(3,17(15)21)18(25)26/h14-15,17H,5-12H2,1-4H3,(H,25,26)/t14-,15+,17-,19-,20+,21-,22-/m0/s1. The van der Waals surface area contributed by atoms with Crippen LogP contribution in [0.2, 0.25) is 0 Å². The molecule has 0 radical (unpaired) electrons. The molecular weight excluding hydrogens is 344 g/mol. The molecule has 0 amide bonds. The zero-order chi connectivity index (χ0) is 19.8. The van der Waals surface area contributed by atoms with Crippen molar-refractivity contribution in [2.75, 3.05) is 0 Å². The molecule has 4 aliphatic carbocycles. The Hall–Kier alpha value is -1.39. The van der Waals surface area contributed by atoms with E-state index in [2.05, 4.69) is 13.8 Å². The minimum Gasteiger partial charge on any atom is -0.481 e. The molecule has 0 aromatic heterocycles. The van der Waals surface area contributed by atoms with Crippen molar-refractivity contribution in [3.63, 3.8) is 0 Å². The molecule has 150 valence electrons. The Bertz CT molecular complexity index is 715. The number of ether oxygens (including phenoxy) is 1. The van der Waals surface area contributed by atoms with Gasteiger partial charge in [0.1, 0.15) is 11.9 Å². The predicted octanol–water partition coefficient (Wildman–Crippen LogP) is 3.98. The van der Waals surface area contributed by atoms with Gasteiger partial charge in [-0.3, -0.25) is 14.4 Å². The van der Waals surface area contributed by atoms with Crippen molar-refractivity contribution in [1.82, 2.24) is 0 Å². The fourth-order valence-corrected chi connectivity index (χ4v) is 8.09. The first-order chi connectivity index (χ1) is 12.5. The summed E-state index contributed by atoms with van der Waals surface area (Å²) in [6.45, 7) is 7.62. The highest BCUT2D eigenvalue weighted by Gasteiger charge is 2.73. The maximum Gasteiger partial charge on any atom is 0.309 e. The second-order valence-electron chi connectivity index (χ2n) is 10.6. The van der Waals surface area contributed by atoms with Gasteiger partial charge in [0.05, 0.1) is 5.41 Å². The van der Waals surface area contributed by atoms with Crippen LogP contribution in [0.3, 0.4) is 0 Å². The first kappa shape index (κ1) is 18.9. The van der Waals surface area contributed by atoms with Gasteiger partial charge in [0.15, 0.2) is 0 Å². The van der Waals surface area contributed by atoms with Gasteiger partial charge < -0.3 is 9.84 Å². The molecule has 0 aromatic rings. The number of carboxylic acid groups (broad SMARTS) is 1. The molecule has 4 rings (SSSR count). The number of hydrogen-bond donors (Lipinski definition) is 1. The molecule has 1 N–H and O–H groups in total. The van der Waals surface area contributed by atoms with E-state index in [0.717, 1.165) is 32.1 Å². The normalized spacial score (nSPS) is 51.3. The number of carbonyl (C=O) groups excluding carboxylic acids is 2. The summed E-state index contributed by atoms with van der Waals surface area (Å²) in [7, 11) is 0. The molecule has 5 heteroatoms. The number of carboxylic acids is 1. The van der Waals surface area contributed by atoms with Gasteiger partial charge in [0.2, 0.25) is 0 Å². The SMILES string of the molecule is CC(=O)O[C@@H]1C[C@H]2CC(=O)[C@@]3(C)CC[C@@]2(C3)[C@@]2(C)CCC[C@@](C)(C(=O)O)[C@H]12. The van der Waals surface area contributed by atoms with E-state index in [-0.39, 0.29) is 34.1 Å². The van der Waals surface area contributed by atoms with Gasteiger partial charge in [0.25, 0.3) is 0 Å². The molecule has 1 spiro atoms. The Morgan fingerprint density at radius 3 is 2.44 bits per heavy atom. The van der Waals surface area contributed by atoms with Crippen LogP contribution in [0.1, 0.15) is 79.1 Å². The van der Waals surface area contributed by atoms with Gasteiger partial charge in [-0.2, -0.15) is 0 Å². The van der Waals surface area contributed by atoms with Gasteiger partial charge in [0, 0.05) is 24.7 Å². The zero-order valence-electron chi connectivity index (χ0n) is 17.0. The van der Waals surface area contributed by atoms with E-state index in [1.54, 1.807) is 0 Å². The van der Waals surface area contributed by atoms with Crippen molar-refractivity contribution in [2.24, 2.45) is 33.5 Å². The lowest BCUT2D eigenvalue weighted by molar-refractivity contribution is -0.231. The van der Waals surface area contributed by atoms with Crippen LogP contribution < -0.4 is 0 Å². The third kappa shape index (κ3) is 2.26. The molecule has 0 aliphatic heterocycles.